The third-order valence-corrected chi connectivity index (χ3v) is 3.04. The second-order valence-electron chi connectivity index (χ2n) is 4.05. The topological polar surface area (TPSA) is 24.4 Å². The average molecular weight is 192 g/mol. The van der Waals surface area contributed by atoms with Crippen molar-refractivity contribution in [2.45, 2.75) is 33.7 Å². The second-order valence-corrected chi connectivity index (χ2v) is 4.05. The lowest BCUT2D eigenvalue weighted by atomic mass is 9.95. The summed E-state index contributed by atoms with van der Waals surface area (Å²) in [4.78, 5) is 4.49. The molecule has 0 amide bonds. The van der Waals surface area contributed by atoms with Gasteiger partial charge in [-0.3, -0.25) is 4.99 Å². The molecule has 0 radical (unpaired) electrons. The lowest BCUT2D eigenvalue weighted by Gasteiger charge is -2.12. The minimum absolute atomic E-state index is 0.319. The van der Waals surface area contributed by atoms with Crippen molar-refractivity contribution in [3.8, 4) is 0 Å². The fourth-order valence-corrected chi connectivity index (χ4v) is 1.43. The first-order chi connectivity index (χ1) is 6.56. The Balaban J connectivity index is 2.99. The van der Waals surface area contributed by atoms with Crippen LogP contribution in [0.4, 0.5) is 0 Å². The molecular weight excluding hydrogens is 172 g/mol. The van der Waals surface area contributed by atoms with Gasteiger partial charge in [-0.1, -0.05) is 12.5 Å². The molecule has 0 bridgehead atoms. The fourth-order valence-electron chi connectivity index (χ4n) is 1.43. The molecule has 0 aromatic rings. The van der Waals surface area contributed by atoms with E-state index in [1.54, 1.807) is 0 Å². The molecule has 2 heteroatoms. The molecule has 1 aliphatic rings. The Hall–Kier alpha value is -0.890. The first-order valence-corrected chi connectivity index (χ1v) is 5.16. The molecule has 1 N–H and O–H groups in total. The summed E-state index contributed by atoms with van der Waals surface area (Å²) in [5, 5.41) is 3.21. The highest BCUT2D eigenvalue weighted by molar-refractivity contribution is 6.00. The van der Waals surface area contributed by atoms with Gasteiger partial charge in [0, 0.05) is 12.2 Å². The van der Waals surface area contributed by atoms with Crippen LogP contribution in [0.1, 0.15) is 27.7 Å². The zero-order valence-corrected chi connectivity index (χ0v) is 9.76. The predicted molar refractivity (Wildman–Crippen MR) is 62.6 cm³/mol. The lowest BCUT2D eigenvalue weighted by molar-refractivity contribution is 0.763. The molecule has 0 fully saturated rings. The maximum Gasteiger partial charge on any atom is 0.0569 e. The van der Waals surface area contributed by atoms with E-state index in [2.05, 4.69) is 44.1 Å². The Bertz CT molecular complexity index is 297. The van der Waals surface area contributed by atoms with Crippen LogP contribution in [-0.2, 0) is 0 Å². The molecule has 78 valence electrons. The van der Waals surface area contributed by atoms with Gasteiger partial charge < -0.3 is 5.32 Å². The Morgan fingerprint density at radius 3 is 2.57 bits per heavy atom. The van der Waals surface area contributed by atoms with Crippen LogP contribution in [0, 0.1) is 5.92 Å². The normalized spacial score (nSPS) is 24.6. The van der Waals surface area contributed by atoms with E-state index >= 15 is 0 Å². The monoisotopic (exact) mass is 192 g/mol. The van der Waals surface area contributed by atoms with Gasteiger partial charge in [-0.25, -0.2) is 0 Å². The number of nitrogens with zero attached hydrogens (tertiary/aromatic N) is 1. The minimum Gasteiger partial charge on any atom is -0.312 e. The molecule has 1 rings (SSSR count). The third-order valence-electron chi connectivity index (χ3n) is 3.04. The van der Waals surface area contributed by atoms with Crippen molar-refractivity contribution >= 4 is 5.71 Å². The van der Waals surface area contributed by atoms with Crippen LogP contribution >= 0.6 is 0 Å². The van der Waals surface area contributed by atoms with Gasteiger partial charge in [-0.2, -0.15) is 0 Å². The molecule has 1 aliphatic heterocycles. The summed E-state index contributed by atoms with van der Waals surface area (Å²) in [5.41, 5.74) is 3.84. The summed E-state index contributed by atoms with van der Waals surface area (Å²) in [6, 6.07) is 0.319. The molecule has 0 saturated heterocycles. The van der Waals surface area contributed by atoms with Crippen molar-refractivity contribution < 1.29 is 0 Å². The molecule has 0 aromatic carbocycles. The van der Waals surface area contributed by atoms with Crippen LogP contribution in [0.15, 0.2) is 28.4 Å². The van der Waals surface area contributed by atoms with E-state index < -0.39 is 0 Å². The number of rotatable bonds is 2. The van der Waals surface area contributed by atoms with Gasteiger partial charge in [0.15, 0.2) is 0 Å². The third kappa shape index (κ3) is 2.32. The molecule has 0 aliphatic carbocycles. The Labute approximate surface area is 86.8 Å². The number of hydrogen-bond donors (Lipinski definition) is 1. The number of nitrogens with one attached hydrogen (secondary N) is 1. The number of allylic oxidation sites excluding steroid dienone is 2. The van der Waals surface area contributed by atoms with Crippen LogP contribution in [0.3, 0.4) is 0 Å². The first kappa shape index (κ1) is 11.2. The molecule has 2 nitrogen and oxygen atoms in total. The molecule has 0 saturated carbocycles. The van der Waals surface area contributed by atoms with Crippen LogP contribution in [0.5, 0.6) is 0 Å². The summed E-state index contributed by atoms with van der Waals surface area (Å²) >= 11 is 0. The fraction of sp³-hybridized carbons (Fsp3) is 0.583. The van der Waals surface area contributed by atoms with Gasteiger partial charge in [0.2, 0.25) is 0 Å². The van der Waals surface area contributed by atoms with Crippen LogP contribution in [-0.4, -0.2) is 18.8 Å². The number of hydrogen-bond acceptors (Lipinski definition) is 2. The smallest absolute Gasteiger partial charge is 0.0569 e. The summed E-state index contributed by atoms with van der Waals surface area (Å²) in [6.45, 7) is 8.66. The quantitative estimate of drug-likeness (QED) is 0.714. The predicted octanol–water partition coefficient (Wildman–Crippen LogP) is 2.54. The summed E-state index contributed by atoms with van der Waals surface area (Å²) < 4.78 is 0. The molecule has 2 atom stereocenters. The van der Waals surface area contributed by atoms with E-state index in [9.17, 15) is 0 Å². The molecular formula is C12H20N2. The van der Waals surface area contributed by atoms with Gasteiger partial charge >= 0.3 is 0 Å². The Morgan fingerprint density at radius 2 is 2.00 bits per heavy atom. The van der Waals surface area contributed by atoms with Crippen molar-refractivity contribution in [1.82, 2.24) is 5.32 Å². The largest absolute Gasteiger partial charge is 0.312 e. The zero-order chi connectivity index (χ0) is 10.7. The molecule has 2 unspecified atom stereocenters. The van der Waals surface area contributed by atoms with Crippen molar-refractivity contribution in [1.29, 1.82) is 0 Å². The van der Waals surface area contributed by atoms with Crippen molar-refractivity contribution in [3.63, 3.8) is 0 Å². The highest BCUT2D eigenvalue weighted by Gasteiger charge is 2.13. The highest BCUT2D eigenvalue weighted by atomic mass is 14.9. The van der Waals surface area contributed by atoms with Gasteiger partial charge in [0.25, 0.3) is 0 Å². The minimum atomic E-state index is 0.319. The molecule has 1 heterocycles. The van der Waals surface area contributed by atoms with E-state index in [1.165, 1.54) is 11.1 Å². The van der Waals surface area contributed by atoms with E-state index in [4.69, 9.17) is 0 Å². The van der Waals surface area contributed by atoms with Crippen molar-refractivity contribution in [2.75, 3.05) is 7.05 Å². The van der Waals surface area contributed by atoms with E-state index in [0.717, 1.165) is 5.71 Å². The highest BCUT2D eigenvalue weighted by Crippen LogP contribution is 2.21. The van der Waals surface area contributed by atoms with Gasteiger partial charge in [0.1, 0.15) is 0 Å². The van der Waals surface area contributed by atoms with Gasteiger partial charge in [-0.15, -0.1) is 0 Å². The van der Waals surface area contributed by atoms with Gasteiger partial charge in [-0.05, 0) is 45.4 Å². The maximum absolute atomic E-state index is 4.49. The summed E-state index contributed by atoms with van der Waals surface area (Å²) in [5.74, 6) is 0.514. The summed E-state index contributed by atoms with van der Waals surface area (Å²) in [6.07, 6.45) is 4.18. The maximum atomic E-state index is 4.49. The standard InChI is InChI=1S/C12H20N2/c1-8-6-12(11(4)13-5)14-7-9(2)10(8)3/h6-7,10-11,13H,1-5H3. The van der Waals surface area contributed by atoms with Crippen molar-refractivity contribution in [2.24, 2.45) is 10.9 Å². The second kappa shape index (κ2) is 4.56. The molecule has 0 spiro atoms. The van der Waals surface area contributed by atoms with Crippen molar-refractivity contribution in [3.05, 3.63) is 23.4 Å². The van der Waals surface area contributed by atoms with Crippen LogP contribution < -0.4 is 5.32 Å². The molecule has 14 heavy (non-hydrogen) atoms. The lowest BCUT2D eigenvalue weighted by Crippen LogP contribution is -2.29. The average Bonchev–Trinajstić information content (AvgIpc) is 2.31. The van der Waals surface area contributed by atoms with E-state index in [0.29, 0.717) is 12.0 Å². The summed E-state index contributed by atoms with van der Waals surface area (Å²) in [7, 11) is 1.96. The zero-order valence-electron chi connectivity index (χ0n) is 9.76. The number of aliphatic imine (C=N–C) groups is 1. The van der Waals surface area contributed by atoms with E-state index in [-0.39, 0.29) is 0 Å². The molecule has 0 aromatic heterocycles. The van der Waals surface area contributed by atoms with Crippen LogP contribution in [0.25, 0.3) is 0 Å². The van der Waals surface area contributed by atoms with Gasteiger partial charge in [0.05, 0.1) is 5.71 Å². The SMILES string of the molecule is CNC(C)C1=NC=C(C)C(C)C(C)=C1. The van der Waals surface area contributed by atoms with Crippen LogP contribution in [0.2, 0.25) is 0 Å². The Morgan fingerprint density at radius 1 is 1.36 bits per heavy atom. The first-order valence-electron chi connectivity index (χ1n) is 5.16. The Kier molecular flexibility index (Phi) is 3.64. The van der Waals surface area contributed by atoms with E-state index in [1.807, 2.05) is 13.2 Å².